The van der Waals surface area contributed by atoms with Crippen molar-refractivity contribution in [1.29, 1.82) is 0 Å². The second kappa shape index (κ2) is 6.92. The van der Waals surface area contributed by atoms with Crippen molar-refractivity contribution in [1.82, 2.24) is 15.0 Å². The van der Waals surface area contributed by atoms with E-state index in [1.54, 1.807) is 11.8 Å². The van der Waals surface area contributed by atoms with Gasteiger partial charge in [-0.3, -0.25) is 0 Å². The predicted octanol–water partition coefficient (Wildman–Crippen LogP) is 0.805. The maximum absolute atomic E-state index is 9.96. The average molecular weight is 296 g/mol. The molecule has 20 heavy (non-hydrogen) atoms. The number of fused-ring (bicyclic) bond motifs is 1. The number of nitrogens with two attached hydrogens (primary N) is 1. The molecule has 2 aromatic rings. The SMILES string of the molecule is CSC[C@H](O)[C@H](CO)CCc1c[nH]c2c(N)ncnc12. The zero-order valence-corrected chi connectivity index (χ0v) is 12.2. The second-order valence-corrected chi connectivity index (χ2v) is 5.71. The number of hydrogen-bond acceptors (Lipinski definition) is 6. The fourth-order valence-electron chi connectivity index (χ4n) is 2.26. The van der Waals surface area contributed by atoms with Crippen molar-refractivity contribution in [2.45, 2.75) is 18.9 Å². The van der Waals surface area contributed by atoms with Crippen LogP contribution in [0.1, 0.15) is 12.0 Å². The zero-order chi connectivity index (χ0) is 14.5. The summed E-state index contributed by atoms with van der Waals surface area (Å²) in [5.41, 5.74) is 8.36. The molecule has 0 aliphatic heterocycles. The van der Waals surface area contributed by atoms with Crippen molar-refractivity contribution in [3.8, 4) is 0 Å². The van der Waals surface area contributed by atoms with Gasteiger partial charge in [-0.2, -0.15) is 11.8 Å². The van der Waals surface area contributed by atoms with Gasteiger partial charge in [-0.05, 0) is 24.7 Å². The van der Waals surface area contributed by atoms with Crippen LogP contribution in [0.15, 0.2) is 12.5 Å². The molecule has 6 nitrogen and oxygen atoms in total. The number of rotatable bonds is 7. The molecular formula is C13H20N4O2S. The van der Waals surface area contributed by atoms with E-state index in [0.29, 0.717) is 18.0 Å². The number of aryl methyl sites for hydroxylation is 1. The molecule has 0 amide bonds. The molecular weight excluding hydrogens is 276 g/mol. The van der Waals surface area contributed by atoms with Crippen LogP contribution in [0.25, 0.3) is 11.0 Å². The molecule has 2 atom stereocenters. The minimum absolute atomic E-state index is 0.0127. The van der Waals surface area contributed by atoms with Gasteiger partial charge in [-0.25, -0.2) is 9.97 Å². The number of aliphatic hydroxyl groups excluding tert-OH is 2. The molecule has 2 rings (SSSR count). The standard InChI is InChI=1S/C13H20N4O2S/c1-20-6-10(19)9(5-18)3-2-8-4-15-12-11(8)16-7-17-13(12)14/h4,7,9-10,15,18-19H,2-3,5-6H2,1H3,(H2,14,16,17)/t9-,10-/m0/s1. The smallest absolute Gasteiger partial charge is 0.151 e. The summed E-state index contributed by atoms with van der Waals surface area (Å²) in [6.07, 6.45) is 6.20. The van der Waals surface area contributed by atoms with E-state index in [4.69, 9.17) is 5.73 Å². The van der Waals surface area contributed by atoms with E-state index in [1.807, 2.05) is 12.5 Å². The first-order valence-electron chi connectivity index (χ1n) is 6.51. The monoisotopic (exact) mass is 296 g/mol. The lowest BCUT2D eigenvalue weighted by molar-refractivity contribution is 0.0793. The Morgan fingerprint density at radius 1 is 1.45 bits per heavy atom. The first-order chi connectivity index (χ1) is 9.67. The third-order valence-electron chi connectivity index (χ3n) is 3.47. The highest BCUT2D eigenvalue weighted by Crippen LogP contribution is 2.22. The van der Waals surface area contributed by atoms with Crippen LogP contribution in [0, 0.1) is 5.92 Å². The van der Waals surface area contributed by atoms with E-state index in [9.17, 15) is 10.2 Å². The lowest BCUT2D eigenvalue weighted by Crippen LogP contribution is -2.26. The van der Waals surface area contributed by atoms with Crippen LogP contribution >= 0.6 is 11.8 Å². The van der Waals surface area contributed by atoms with Crippen molar-refractivity contribution in [3.05, 3.63) is 18.1 Å². The Labute approximate surface area is 121 Å². The lowest BCUT2D eigenvalue weighted by atomic mass is 9.96. The number of nitrogens with zero attached hydrogens (tertiary/aromatic N) is 2. The molecule has 5 N–H and O–H groups in total. The Morgan fingerprint density at radius 3 is 2.95 bits per heavy atom. The molecule has 0 saturated heterocycles. The molecule has 110 valence electrons. The zero-order valence-electron chi connectivity index (χ0n) is 11.4. The maximum atomic E-state index is 9.96. The van der Waals surface area contributed by atoms with Crippen LogP contribution < -0.4 is 5.73 Å². The van der Waals surface area contributed by atoms with E-state index < -0.39 is 6.10 Å². The van der Waals surface area contributed by atoms with Gasteiger partial charge in [0, 0.05) is 24.5 Å². The molecule has 0 saturated carbocycles. The Morgan fingerprint density at radius 2 is 2.25 bits per heavy atom. The van der Waals surface area contributed by atoms with Gasteiger partial charge in [0.05, 0.1) is 11.6 Å². The lowest BCUT2D eigenvalue weighted by Gasteiger charge is -2.19. The summed E-state index contributed by atoms with van der Waals surface area (Å²) >= 11 is 1.58. The Hall–Kier alpha value is -1.31. The van der Waals surface area contributed by atoms with Crippen molar-refractivity contribution >= 4 is 28.6 Å². The minimum atomic E-state index is -0.486. The fraction of sp³-hybridized carbons (Fsp3) is 0.538. The third kappa shape index (κ3) is 3.23. The van der Waals surface area contributed by atoms with Crippen molar-refractivity contribution in [3.63, 3.8) is 0 Å². The summed E-state index contributed by atoms with van der Waals surface area (Å²) in [5.74, 6) is 0.947. The van der Waals surface area contributed by atoms with Crippen LogP contribution in [0.2, 0.25) is 0 Å². The highest BCUT2D eigenvalue weighted by Gasteiger charge is 2.19. The molecule has 7 heteroatoms. The van der Waals surface area contributed by atoms with Gasteiger partial charge in [0.1, 0.15) is 11.8 Å². The van der Waals surface area contributed by atoms with E-state index >= 15 is 0 Å². The number of nitrogens with one attached hydrogen (secondary N) is 1. The summed E-state index contributed by atoms with van der Waals surface area (Å²) in [5, 5.41) is 19.3. The highest BCUT2D eigenvalue weighted by molar-refractivity contribution is 7.98. The molecule has 0 fully saturated rings. The van der Waals surface area contributed by atoms with Gasteiger partial charge in [0.15, 0.2) is 5.82 Å². The van der Waals surface area contributed by atoms with Crippen LogP contribution in [-0.2, 0) is 6.42 Å². The number of aliphatic hydroxyl groups is 2. The van der Waals surface area contributed by atoms with Gasteiger partial charge in [0.2, 0.25) is 0 Å². The summed E-state index contributed by atoms with van der Waals surface area (Å²) in [7, 11) is 0. The van der Waals surface area contributed by atoms with Crippen molar-refractivity contribution in [2.75, 3.05) is 24.3 Å². The van der Waals surface area contributed by atoms with Gasteiger partial charge < -0.3 is 20.9 Å². The molecule has 0 aliphatic rings. The number of aromatic nitrogens is 3. The summed E-state index contributed by atoms with van der Waals surface area (Å²) < 4.78 is 0. The minimum Gasteiger partial charge on any atom is -0.396 e. The Balaban J connectivity index is 2.07. The highest BCUT2D eigenvalue weighted by atomic mass is 32.2. The fourth-order valence-corrected chi connectivity index (χ4v) is 2.87. The normalized spacial score (nSPS) is 14.6. The van der Waals surface area contributed by atoms with E-state index in [0.717, 1.165) is 23.0 Å². The number of thioether (sulfide) groups is 1. The molecule has 0 bridgehead atoms. The Kier molecular flexibility index (Phi) is 5.22. The Bertz CT molecular complexity index is 560. The van der Waals surface area contributed by atoms with Crippen molar-refractivity contribution in [2.24, 2.45) is 5.92 Å². The molecule has 0 aliphatic carbocycles. The predicted molar refractivity (Wildman–Crippen MR) is 81.6 cm³/mol. The molecule has 0 unspecified atom stereocenters. The first-order valence-corrected chi connectivity index (χ1v) is 7.91. The van der Waals surface area contributed by atoms with Gasteiger partial charge >= 0.3 is 0 Å². The third-order valence-corrected chi connectivity index (χ3v) is 4.15. The van der Waals surface area contributed by atoms with Crippen LogP contribution in [0.3, 0.4) is 0 Å². The van der Waals surface area contributed by atoms with Crippen LogP contribution in [0.5, 0.6) is 0 Å². The van der Waals surface area contributed by atoms with E-state index in [-0.39, 0.29) is 12.5 Å². The van der Waals surface area contributed by atoms with E-state index in [1.165, 1.54) is 6.33 Å². The number of hydrogen-bond donors (Lipinski definition) is 4. The average Bonchev–Trinajstić information content (AvgIpc) is 2.85. The second-order valence-electron chi connectivity index (χ2n) is 4.80. The van der Waals surface area contributed by atoms with Crippen molar-refractivity contribution < 1.29 is 10.2 Å². The molecule has 0 spiro atoms. The first kappa shape index (κ1) is 15.1. The quantitative estimate of drug-likeness (QED) is 0.602. The summed E-state index contributed by atoms with van der Waals surface area (Å²) in [6.45, 7) is -0.0127. The van der Waals surface area contributed by atoms with Gasteiger partial charge in [-0.15, -0.1) is 0 Å². The number of nitrogen functional groups attached to an aromatic ring is 1. The van der Waals surface area contributed by atoms with Crippen LogP contribution in [0.4, 0.5) is 5.82 Å². The molecule has 0 radical (unpaired) electrons. The molecule has 2 heterocycles. The molecule has 0 aromatic carbocycles. The summed E-state index contributed by atoms with van der Waals surface area (Å²) in [6, 6.07) is 0. The van der Waals surface area contributed by atoms with E-state index in [2.05, 4.69) is 15.0 Å². The topological polar surface area (TPSA) is 108 Å². The largest absolute Gasteiger partial charge is 0.396 e. The van der Waals surface area contributed by atoms with Gasteiger partial charge in [0.25, 0.3) is 0 Å². The number of H-pyrrole nitrogens is 1. The number of aromatic amines is 1. The van der Waals surface area contributed by atoms with Crippen LogP contribution in [-0.4, -0.2) is 49.9 Å². The summed E-state index contributed by atoms with van der Waals surface area (Å²) in [4.78, 5) is 11.2. The number of anilines is 1. The maximum Gasteiger partial charge on any atom is 0.151 e. The molecule has 2 aromatic heterocycles. The van der Waals surface area contributed by atoms with Gasteiger partial charge in [-0.1, -0.05) is 0 Å².